The van der Waals surface area contributed by atoms with Crippen LogP contribution in [0.4, 0.5) is 0 Å². The third kappa shape index (κ3) is 10.8. The number of hydrogen-bond donors (Lipinski definition) is 0. The third-order valence-electron chi connectivity index (χ3n) is 28.3. The Morgan fingerprint density at radius 1 is 0.133 bits per heavy atom. The first-order chi connectivity index (χ1) is 63.5. The highest BCUT2D eigenvalue weighted by Gasteiger charge is 2.52. The van der Waals surface area contributed by atoms with Gasteiger partial charge in [-0.2, -0.15) is 0 Å². The van der Waals surface area contributed by atoms with E-state index in [0.717, 1.165) is 11.4 Å². The topological polar surface area (TPSA) is 9.86 Å². The standard InChI is InChI=1S/C63H39N.C63H41N/c1-2-16-40(17-3-1)61-50-22-4-6-24-52(50)62(53-25-7-5-23-51(53)61)41-30-34-44(35-31-41)64-59-29-15-11-21-49(59)54-38-42(33-37-60(54)64)43-32-36-48-47-20-10-14-28-57(47)63(58(48)39-43)55-26-12-8-18-45(55)46-19-9-13-27-56(46)63;1-4-18-42(19-5-1)61-52-26-10-12-28-54(52)62(55-29-13-11-27-53(55)61)43-32-36-48(37-33-43)64-59-31-17-15-25-51(59)56-40-44(35-39-60(56)64)45-34-38-50-49-24-14-16-30-57(49)63(58(50)41-45,46-20-6-2-7-21-46)47-22-8-3-9-23-47/h1-39H;1-41H. The van der Waals surface area contributed by atoms with Crippen molar-refractivity contribution in [3.05, 3.63) is 530 Å². The fourth-order valence-corrected chi connectivity index (χ4v) is 23.0. The second kappa shape index (κ2) is 29.1. The van der Waals surface area contributed by atoms with Gasteiger partial charge in [-0.15, -0.1) is 0 Å². The summed E-state index contributed by atoms with van der Waals surface area (Å²) >= 11 is 0. The van der Waals surface area contributed by atoms with E-state index in [4.69, 9.17) is 0 Å². The summed E-state index contributed by atoms with van der Waals surface area (Å²) in [7, 11) is 0. The minimum absolute atomic E-state index is 0.371. The highest BCUT2D eigenvalue weighted by atomic mass is 15.0. The maximum atomic E-state index is 2.49. The van der Waals surface area contributed by atoms with Crippen LogP contribution in [0.2, 0.25) is 0 Å². The maximum absolute atomic E-state index is 2.49. The second-order valence-corrected chi connectivity index (χ2v) is 34.6. The van der Waals surface area contributed by atoms with Gasteiger partial charge in [0.2, 0.25) is 0 Å². The number of nitrogens with zero attached hydrogens (tertiary/aromatic N) is 2. The average Bonchev–Trinajstić information content (AvgIpc) is 1.50. The molecule has 0 radical (unpaired) electrons. The van der Waals surface area contributed by atoms with Gasteiger partial charge in [-0.3, -0.25) is 0 Å². The number of fused-ring (bicyclic) bond motifs is 23. The minimum Gasteiger partial charge on any atom is -0.309 e. The van der Waals surface area contributed by atoms with E-state index in [1.54, 1.807) is 0 Å². The van der Waals surface area contributed by atoms with E-state index in [-0.39, 0.29) is 5.41 Å². The van der Waals surface area contributed by atoms with Crippen LogP contribution in [0.15, 0.2) is 485 Å². The second-order valence-electron chi connectivity index (χ2n) is 34.6. The normalized spacial score (nSPS) is 13.0. The van der Waals surface area contributed by atoms with E-state index in [0.29, 0.717) is 0 Å². The largest absolute Gasteiger partial charge is 0.309 e. The zero-order valence-electron chi connectivity index (χ0n) is 70.1. The van der Waals surface area contributed by atoms with Crippen LogP contribution in [-0.4, -0.2) is 9.13 Å². The highest BCUT2D eigenvalue weighted by Crippen LogP contribution is 2.64. The summed E-state index contributed by atoms with van der Waals surface area (Å²) in [5.41, 5.74) is 39.7. The van der Waals surface area contributed by atoms with Crippen molar-refractivity contribution in [3.8, 4) is 112 Å². The van der Waals surface area contributed by atoms with Gasteiger partial charge in [0, 0.05) is 32.9 Å². The number of benzene rings is 22. The first-order valence-electron chi connectivity index (χ1n) is 44.6. The van der Waals surface area contributed by atoms with E-state index in [1.165, 1.54) is 231 Å². The molecule has 1 spiro atoms. The van der Waals surface area contributed by atoms with Crippen LogP contribution in [0.3, 0.4) is 0 Å². The highest BCUT2D eigenvalue weighted by molar-refractivity contribution is 6.23. The van der Waals surface area contributed by atoms with Gasteiger partial charge in [-0.25, -0.2) is 0 Å². The molecule has 0 aliphatic heterocycles. The molecule has 0 fully saturated rings. The van der Waals surface area contributed by atoms with Gasteiger partial charge in [0.25, 0.3) is 0 Å². The Morgan fingerprint density at radius 3 is 0.695 bits per heavy atom. The molecule has 0 unspecified atom stereocenters. The van der Waals surface area contributed by atoms with Crippen LogP contribution < -0.4 is 0 Å². The van der Waals surface area contributed by atoms with Gasteiger partial charge in [0.15, 0.2) is 0 Å². The molecule has 594 valence electrons. The molecule has 2 heteroatoms. The molecule has 0 saturated carbocycles. The van der Waals surface area contributed by atoms with E-state index in [2.05, 4.69) is 494 Å². The van der Waals surface area contributed by atoms with Crippen molar-refractivity contribution in [2.45, 2.75) is 10.8 Å². The summed E-state index contributed by atoms with van der Waals surface area (Å²) in [6.07, 6.45) is 0. The summed E-state index contributed by atoms with van der Waals surface area (Å²) in [5.74, 6) is 0. The Hall–Kier alpha value is -16.5. The first-order valence-corrected chi connectivity index (χ1v) is 44.6. The summed E-state index contributed by atoms with van der Waals surface area (Å²) in [4.78, 5) is 0. The Balaban J connectivity index is 0.000000135. The summed E-state index contributed by atoms with van der Waals surface area (Å²) < 4.78 is 4.87. The Labute approximate surface area is 742 Å². The minimum atomic E-state index is -0.445. The smallest absolute Gasteiger partial charge is 0.0725 e. The molecule has 0 saturated heterocycles. The molecule has 0 amide bonds. The fourth-order valence-electron chi connectivity index (χ4n) is 23.0. The van der Waals surface area contributed by atoms with Crippen molar-refractivity contribution < 1.29 is 0 Å². The lowest BCUT2D eigenvalue weighted by Gasteiger charge is -2.34. The van der Waals surface area contributed by atoms with Gasteiger partial charge in [-0.05, 0) is 261 Å². The summed E-state index contributed by atoms with van der Waals surface area (Å²) in [6.45, 7) is 0. The molecule has 2 aromatic heterocycles. The zero-order valence-corrected chi connectivity index (χ0v) is 70.1. The molecular formula is C126H80N2. The van der Waals surface area contributed by atoms with Crippen LogP contribution >= 0.6 is 0 Å². The van der Waals surface area contributed by atoms with Gasteiger partial charge >= 0.3 is 0 Å². The van der Waals surface area contributed by atoms with Crippen molar-refractivity contribution >= 4 is 86.7 Å². The predicted molar refractivity (Wildman–Crippen MR) is 538 cm³/mol. The Morgan fingerprint density at radius 2 is 0.359 bits per heavy atom. The monoisotopic (exact) mass is 1620 g/mol. The molecule has 24 aromatic rings. The molecule has 22 aromatic carbocycles. The molecule has 0 bridgehead atoms. The quantitative estimate of drug-likeness (QED) is 0.121. The molecule has 3 aliphatic rings. The van der Waals surface area contributed by atoms with Crippen molar-refractivity contribution in [2.24, 2.45) is 0 Å². The van der Waals surface area contributed by atoms with Gasteiger partial charge < -0.3 is 9.13 Å². The molecule has 0 atom stereocenters. The molecule has 128 heavy (non-hydrogen) atoms. The molecule has 3 aliphatic carbocycles. The fraction of sp³-hybridized carbons (Fsp3) is 0.0159. The van der Waals surface area contributed by atoms with E-state index < -0.39 is 5.41 Å². The lowest BCUT2D eigenvalue weighted by molar-refractivity contribution is 0.769. The first kappa shape index (κ1) is 73.1. The lowest BCUT2D eigenvalue weighted by Crippen LogP contribution is -2.28. The summed E-state index contributed by atoms with van der Waals surface area (Å²) in [5, 5.41) is 15.1. The van der Waals surface area contributed by atoms with Gasteiger partial charge in [0.05, 0.1) is 32.9 Å². The van der Waals surface area contributed by atoms with Crippen LogP contribution in [0.1, 0.15) is 44.5 Å². The molecule has 2 heterocycles. The number of para-hydroxylation sites is 2. The predicted octanol–water partition coefficient (Wildman–Crippen LogP) is 32.9. The number of rotatable bonds is 10. The van der Waals surface area contributed by atoms with Crippen LogP contribution in [0.25, 0.3) is 198 Å². The van der Waals surface area contributed by atoms with Crippen molar-refractivity contribution in [2.75, 3.05) is 0 Å². The summed E-state index contributed by atoms with van der Waals surface area (Å²) in [6, 6.07) is 180. The number of aromatic nitrogens is 2. The maximum Gasteiger partial charge on any atom is 0.0725 e. The number of hydrogen-bond acceptors (Lipinski definition) is 0. The third-order valence-corrected chi connectivity index (χ3v) is 28.3. The van der Waals surface area contributed by atoms with E-state index in [1.807, 2.05) is 0 Å². The lowest BCUT2D eigenvalue weighted by atomic mass is 9.67. The van der Waals surface area contributed by atoms with Crippen LogP contribution in [0, 0.1) is 0 Å². The molecule has 2 nitrogen and oxygen atoms in total. The average molecular weight is 1620 g/mol. The Kier molecular flexibility index (Phi) is 16.6. The van der Waals surface area contributed by atoms with Crippen molar-refractivity contribution in [3.63, 3.8) is 0 Å². The molecular weight excluding hydrogens is 1540 g/mol. The Bertz CT molecular complexity index is 8010. The zero-order chi connectivity index (χ0) is 84.1. The van der Waals surface area contributed by atoms with Crippen LogP contribution in [0.5, 0.6) is 0 Å². The van der Waals surface area contributed by atoms with Crippen molar-refractivity contribution in [1.29, 1.82) is 0 Å². The van der Waals surface area contributed by atoms with Gasteiger partial charge in [-0.1, -0.05) is 413 Å². The van der Waals surface area contributed by atoms with Gasteiger partial charge in [0.1, 0.15) is 0 Å². The molecule has 27 rings (SSSR count). The van der Waals surface area contributed by atoms with E-state index in [9.17, 15) is 0 Å². The van der Waals surface area contributed by atoms with Crippen LogP contribution in [-0.2, 0) is 10.8 Å². The SMILES string of the molecule is c1ccc(-c2c3ccccc3c(-c3ccc(-n4c5ccccc5c5cc(-c6ccc7c(c6)C(c6ccccc6)(c6ccccc6)c6ccccc6-7)ccc54)cc3)c3ccccc23)cc1.c1ccc(-c2c3ccccc3c(-c3ccc(-n4c5ccccc5c5cc(-c6ccc7c(c6)C6(c8ccccc8-c8ccccc86)c6ccccc6-7)ccc54)cc3)c3ccccc23)cc1. The van der Waals surface area contributed by atoms with E-state index >= 15 is 0 Å². The van der Waals surface area contributed by atoms with Crippen molar-refractivity contribution in [1.82, 2.24) is 9.13 Å². The molecule has 0 N–H and O–H groups in total.